The zero-order chi connectivity index (χ0) is 16.3. The average molecular weight is 313 g/mol. The average Bonchev–Trinajstić information content (AvgIpc) is 2.34. The summed E-state index contributed by atoms with van der Waals surface area (Å²) in [6.45, 7) is 4.79. The van der Waals surface area contributed by atoms with Crippen LogP contribution in [0.15, 0.2) is 23.1 Å². The van der Waals surface area contributed by atoms with Gasteiger partial charge in [-0.1, -0.05) is 13.8 Å². The van der Waals surface area contributed by atoms with Crippen molar-refractivity contribution in [3.8, 4) is 6.07 Å². The molecule has 1 rings (SSSR count). The molecule has 0 heterocycles. The molecule has 0 aliphatic rings. The third-order valence-electron chi connectivity index (χ3n) is 2.84. The number of rotatable bonds is 6. The lowest BCUT2D eigenvalue weighted by Gasteiger charge is -2.28. The van der Waals surface area contributed by atoms with E-state index in [1.165, 1.54) is 0 Å². The van der Waals surface area contributed by atoms with Crippen molar-refractivity contribution in [3.63, 3.8) is 0 Å². The lowest BCUT2D eigenvalue weighted by Crippen LogP contribution is -2.40. The van der Waals surface area contributed by atoms with Gasteiger partial charge in [0.15, 0.2) is 0 Å². The van der Waals surface area contributed by atoms with Gasteiger partial charge in [0.25, 0.3) is 0 Å². The first-order chi connectivity index (χ1) is 9.57. The Morgan fingerprint density at radius 3 is 2.52 bits per heavy atom. The predicted molar refractivity (Wildman–Crippen MR) is 78.6 cm³/mol. The highest BCUT2D eigenvalue weighted by Gasteiger charge is 2.24. The molecule has 0 aliphatic carbocycles. The molecule has 1 aromatic carbocycles. The summed E-state index contributed by atoms with van der Waals surface area (Å²) in [6.07, 6.45) is 0. The second-order valence-corrected chi connectivity index (χ2v) is 7.71. The molecule has 0 unspecified atom stereocenters. The summed E-state index contributed by atoms with van der Waals surface area (Å²) >= 11 is 0. The molecule has 5 nitrogen and oxygen atoms in total. The van der Waals surface area contributed by atoms with Crippen LogP contribution in [-0.4, -0.2) is 40.5 Å². The zero-order valence-corrected chi connectivity index (χ0v) is 13.5. The number of sulfonamides is 1. The van der Waals surface area contributed by atoms with Gasteiger partial charge in [0.05, 0.1) is 10.5 Å². The Labute approximate surface area is 125 Å². The minimum Gasteiger partial charge on any atom is -0.309 e. The normalized spacial score (nSPS) is 12.4. The number of hydrogen-bond acceptors (Lipinski definition) is 4. The first-order valence-electron chi connectivity index (χ1n) is 6.41. The van der Waals surface area contributed by atoms with Crippen LogP contribution in [0.3, 0.4) is 0 Å². The minimum absolute atomic E-state index is 0.201. The molecule has 1 N–H and O–H groups in total. The van der Waals surface area contributed by atoms with E-state index >= 15 is 0 Å². The molecule has 0 atom stereocenters. The molecule has 116 valence electrons. The maximum Gasteiger partial charge on any atom is 0.241 e. The minimum atomic E-state index is -3.85. The largest absolute Gasteiger partial charge is 0.309 e. The van der Waals surface area contributed by atoms with Crippen LogP contribution in [0, 0.1) is 22.6 Å². The summed E-state index contributed by atoms with van der Waals surface area (Å²) in [4.78, 5) is 1.76. The van der Waals surface area contributed by atoms with Gasteiger partial charge in [0.2, 0.25) is 10.0 Å². The summed E-state index contributed by atoms with van der Waals surface area (Å²) in [5.41, 5.74) is -0.475. The number of nitriles is 1. The third-order valence-corrected chi connectivity index (χ3v) is 4.30. The number of halogens is 1. The second kappa shape index (κ2) is 6.52. The van der Waals surface area contributed by atoms with E-state index in [4.69, 9.17) is 5.26 Å². The first-order valence-corrected chi connectivity index (χ1v) is 7.90. The van der Waals surface area contributed by atoms with Crippen molar-refractivity contribution >= 4 is 10.0 Å². The molecule has 0 bridgehead atoms. The van der Waals surface area contributed by atoms with E-state index in [2.05, 4.69) is 4.72 Å². The van der Waals surface area contributed by atoms with Gasteiger partial charge in [-0.2, -0.15) is 5.26 Å². The van der Waals surface area contributed by atoms with Gasteiger partial charge in [-0.25, -0.2) is 17.5 Å². The van der Waals surface area contributed by atoms with Gasteiger partial charge in [-0.05, 0) is 37.7 Å². The molecule has 0 radical (unpaired) electrons. The fourth-order valence-electron chi connectivity index (χ4n) is 2.10. The molecular weight excluding hydrogens is 293 g/mol. The van der Waals surface area contributed by atoms with Crippen molar-refractivity contribution < 1.29 is 12.8 Å². The summed E-state index contributed by atoms with van der Waals surface area (Å²) in [6, 6.07) is 4.76. The fourth-order valence-corrected chi connectivity index (χ4v) is 3.48. The first kappa shape index (κ1) is 17.6. The lowest BCUT2D eigenvalue weighted by atomic mass is 9.93. The van der Waals surface area contributed by atoms with Gasteiger partial charge < -0.3 is 4.90 Å². The Balaban J connectivity index is 2.96. The van der Waals surface area contributed by atoms with Gasteiger partial charge in [0, 0.05) is 13.1 Å². The SMILES string of the molecule is CN(C)CC(C)(C)CNS(=O)(=O)c1ccc(F)cc1C#N. The Morgan fingerprint density at radius 1 is 1.38 bits per heavy atom. The molecule has 1 aromatic rings. The molecule has 0 amide bonds. The topological polar surface area (TPSA) is 73.2 Å². The maximum absolute atomic E-state index is 13.1. The highest BCUT2D eigenvalue weighted by atomic mass is 32.2. The quantitative estimate of drug-likeness (QED) is 0.865. The monoisotopic (exact) mass is 313 g/mol. The highest BCUT2D eigenvalue weighted by Crippen LogP contribution is 2.19. The molecule has 7 heteroatoms. The van der Waals surface area contributed by atoms with Crippen molar-refractivity contribution in [1.82, 2.24) is 9.62 Å². The summed E-state index contributed by atoms with van der Waals surface area (Å²) in [5, 5.41) is 8.94. The van der Waals surface area contributed by atoms with E-state index in [9.17, 15) is 12.8 Å². The highest BCUT2D eigenvalue weighted by molar-refractivity contribution is 7.89. The van der Waals surface area contributed by atoms with Gasteiger partial charge in [-0.15, -0.1) is 0 Å². The van der Waals surface area contributed by atoms with Gasteiger partial charge in [0.1, 0.15) is 11.9 Å². The maximum atomic E-state index is 13.1. The lowest BCUT2D eigenvalue weighted by molar-refractivity contribution is 0.242. The number of nitrogens with zero attached hydrogens (tertiary/aromatic N) is 2. The summed E-state index contributed by atoms with van der Waals surface area (Å²) < 4.78 is 40.1. The summed E-state index contributed by atoms with van der Waals surface area (Å²) in [5.74, 6) is -0.640. The molecular formula is C14H20FN3O2S. The van der Waals surface area contributed by atoms with Gasteiger partial charge >= 0.3 is 0 Å². The Kier molecular flexibility index (Phi) is 5.45. The molecule has 0 aliphatic heterocycles. The molecule has 0 saturated heterocycles. The van der Waals surface area contributed by atoms with Crippen molar-refractivity contribution in [2.75, 3.05) is 27.2 Å². The Bertz CT molecular complexity index is 649. The molecule has 0 aromatic heterocycles. The van der Waals surface area contributed by atoms with Crippen molar-refractivity contribution in [2.45, 2.75) is 18.7 Å². The predicted octanol–water partition coefficient (Wildman–Crippen LogP) is 1.56. The van der Waals surface area contributed by atoms with E-state index < -0.39 is 15.8 Å². The van der Waals surface area contributed by atoms with E-state index in [1.54, 1.807) is 6.07 Å². The molecule has 0 saturated carbocycles. The Morgan fingerprint density at radius 2 is 2.00 bits per heavy atom. The van der Waals surface area contributed by atoms with E-state index in [-0.39, 0.29) is 22.4 Å². The van der Waals surface area contributed by atoms with Gasteiger partial charge in [-0.3, -0.25) is 0 Å². The Hall–Kier alpha value is -1.49. The number of hydrogen-bond donors (Lipinski definition) is 1. The van der Waals surface area contributed by atoms with Crippen LogP contribution in [0.4, 0.5) is 4.39 Å². The van der Waals surface area contributed by atoms with Crippen molar-refractivity contribution in [3.05, 3.63) is 29.6 Å². The van der Waals surface area contributed by atoms with Crippen molar-refractivity contribution in [1.29, 1.82) is 5.26 Å². The van der Waals surface area contributed by atoms with Crippen LogP contribution in [0.2, 0.25) is 0 Å². The molecule has 0 fully saturated rings. The van der Waals surface area contributed by atoms with Crippen LogP contribution in [0.25, 0.3) is 0 Å². The second-order valence-electron chi connectivity index (χ2n) is 5.98. The van der Waals surface area contributed by atoms with Crippen LogP contribution >= 0.6 is 0 Å². The van der Waals surface area contributed by atoms with Crippen LogP contribution in [0.1, 0.15) is 19.4 Å². The fraction of sp³-hybridized carbons (Fsp3) is 0.500. The smallest absolute Gasteiger partial charge is 0.241 e. The third kappa shape index (κ3) is 5.08. The van der Waals surface area contributed by atoms with Crippen LogP contribution in [0.5, 0.6) is 0 Å². The van der Waals surface area contributed by atoms with E-state index in [0.717, 1.165) is 18.2 Å². The van der Waals surface area contributed by atoms with Crippen molar-refractivity contribution in [2.24, 2.45) is 5.41 Å². The molecule has 21 heavy (non-hydrogen) atoms. The van der Waals surface area contributed by atoms with E-state index in [1.807, 2.05) is 32.8 Å². The van der Waals surface area contributed by atoms with E-state index in [0.29, 0.717) is 6.54 Å². The molecule has 0 spiro atoms. The standard InChI is InChI=1S/C14H20FN3O2S/c1-14(2,10-18(3)4)9-17-21(19,20)13-6-5-12(15)7-11(13)8-16/h5-7,17H,9-10H2,1-4H3. The summed E-state index contributed by atoms with van der Waals surface area (Å²) in [7, 11) is -0.0330. The zero-order valence-electron chi connectivity index (χ0n) is 12.6. The van der Waals surface area contributed by atoms with Crippen LogP contribution < -0.4 is 4.72 Å². The van der Waals surface area contributed by atoms with Crippen LogP contribution in [-0.2, 0) is 10.0 Å². The number of nitrogens with one attached hydrogen (secondary N) is 1. The number of benzene rings is 1.